The van der Waals surface area contributed by atoms with Gasteiger partial charge in [0.25, 0.3) is 0 Å². The lowest BCUT2D eigenvalue weighted by Gasteiger charge is -2.40. The van der Waals surface area contributed by atoms with Gasteiger partial charge in [0, 0.05) is 6.04 Å². The van der Waals surface area contributed by atoms with Gasteiger partial charge in [0.05, 0.1) is 0 Å². The first-order valence-electron chi connectivity index (χ1n) is 7.55. The van der Waals surface area contributed by atoms with Crippen molar-refractivity contribution in [2.45, 2.75) is 71.3 Å². The van der Waals surface area contributed by atoms with Crippen LogP contribution in [0.15, 0.2) is 0 Å². The molecule has 16 heavy (non-hydrogen) atoms. The minimum absolute atomic E-state index is 0.951. The van der Waals surface area contributed by atoms with Gasteiger partial charge in [0.15, 0.2) is 0 Å². The number of nitrogens with zero attached hydrogens (tertiary/aromatic N) is 1. The van der Waals surface area contributed by atoms with Gasteiger partial charge in [-0.15, -0.1) is 0 Å². The fraction of sp³-hybridized carbons (Fsp3) is 1.00. The molecule has 2 rings (SSSR count). The van der Waals surface area contributed by atoms with Crippen molar-refractivity contribution in [1.29, 1.82) is 0 Å². The molecule has 2 fully saturated rings. The van der Waals surface area contributed by atoms with Crippen molar-refractivity contribution in [3.8, 4) is 0 Å². The van der Waals surface area contributed by atoms with Crippen LogP contribution in [-0.2, 0) is 0 Å². The third-order valence-corrected chi connectivity index (χ3v) is 5.11. The van der Waals surface area contributed by atoms with Gasteiger partial charge in [-0.2, -0.15) is 0 Å². The third kappa shape index (κ3) is 3.00. The quantitative estimate of drug-likeness (QED) is 0.697. The normalized spacial score (nSPS) is 28.1. The molecule has 1 heterocycles. The van der Waals surface area contributed by atoms with E-state index in [1.165, 1.54) is 64.5 Å². The molecule has 2 aliphatic rings. The zero-order chi connectivity index (χ0) is 11.4. The summed E-state index contributed by atoms with van der Waals surface area (Å²) in [4.78, 5) is 2.80. The van der Waals surface area contributed by atoms with Crippen molar-refractivity contribution >= 4 is 0 Å². The predicted molar refractivity (Wildman–Crippen MR) is 70.6 cm³/mol. The predicted octanol–water partition coefficient (Wildman–Crippen LogP) is 4.08. The lowest BCUT2D eigenvalue weighted by atomic mass is 9.82. The van der Waals surface area contributed by atoms with Gasteiger partial charge in [-0.1, -0.05) is 39.5 Å². The van der Waals surface area contributed by atoms with Crippen molar-refractivity contribution in [1.82, 2.24) is 4.90 Å². The molecule has 0 radical (unpaired) electrons. The molecule has 1 atom stereocenters. The molecule has 0 amide bonds. The van der Waals surface area contributed by atoms with Crippen molar-refractivity contribution in [2.24, 2.45) is 11.8 Å². The van der Waals surface area contributed by atoms with Gasteiger partial charge in [-0.05, 0) is 50.6 Å². The summed E-state index contributed by atoms with van der Waals surface area (Å²) in [6.45, 7) is 7.57. The first-order chi connectivity index (χ1) is 7.81. The zero-order valence-electron chi connectivity index (χ0n) is 11.3. The van der Waals surface area contributed by atoms with Crippen molar-refractivity contribution in [2.75, 3.05) is 13.1 Å². The number of piperidine rings is 1. The minimum atomic E-state index is 0.951. The summed E-state index contributed by atoms with van der Waals surface area (Å²) in [6.07, 6.45) is 11.7. The fourth-order valence-corrected chi connectivity index (χ4v) is 3.63. The first-order valence-corrected chi connectivity index (χ1v) is 7.55. The highest BCUT2D eigenvalue weighted by atomic mass is 15.2. The second-order valence-electron chi connectivity index (χ2n) is 6.05. The lowest BCUT2D eigenvalue weighted by Crippen LogP contribution is -2.43. The van der Waals surface area contributed by atoms with E-state index in [1.54, 1.807) is 0 Å². The summed E-state index contributed by atoms with van der Waals surface area (Å²) in [5.74, 6) is 1.97. The molecule has 0 aromatic rings. The second-order valence-corrected chi connectivity index (χ2v) is 6.05. The van der Waals surface area contributed by atoms with E-state index in [9.17, 15) is 0 Å². The monoisotopic (exact) mass is 223 g/mol. The van der Waals surface area contributed by atoms with Crippen LogP contribution in [0.4, 0.5) is 0 Å². The standard InChI is InChI=1S/C15H29N/c1-3-13(2)14-9-11-16(12-10-14)15-7-5-4-6-8-15/h13-15H,3-12H2,1-2H3. The van der Waals surface area contributed by atoms with E-state index < -0.39 is 0 Å². The largest absolute Gasteiger partial charge is 0.300 e. The Labute approximate surface area is 102 Å². The van der Waals surface area contributed by atoms with Crippen molar-refractivity contribution in [3.05, 3.63) is 0 Å². The molecular formula is C15H29N. The molecule has 1 unspecified atom stereocenters. The van der Waals surface area contributed by atoms with E-state index in [1.807, 2.05) is 0 Å². The van der Waals surface area contributed by atoms with Crippen LogP contribution in [0.5, 0.6) is 0 Å². The SMILES string of the molecule is CCC(C)C1CCN(C2CCCCC2)CC1. The van der Waals surface area contributed by atoms with E-state index in [2.05, 4.69) is 18.7 Å². The maximum absolute atomic E-state index is 2.80. The minimum Gasteiger partial charge on any atom is -0.300 e. The van der Waals surface area contributed by atoms with Crippen LogP contribution in [0.1, 0.15) is 65.2 Å². The first kappa shape index (κ1) is 12.4. The maximum Gasteiger partial charge on any atom is 0.00952 e. The molecule has 1 nitrogen and oxygen atoms in total. The molecule has 1 saturated heterocycles. The topological polar surface area (TPSA) is 3.24 Å². The van der Waals surface area contributed by atoms with Crippen LogP contribution in [0.25, 0.3) is 0 Å². The van der Waals surface area contributed by atoms with Crippen LogP contribution in [0.2, 0.25) is 0 Å². The lowest BCUT2D eigenvalue weighted by molar-refractivity contribution is 0.0900. The highest BCUT2D eigenvalue weighted by molar-refractivity contribution is 4.82. The molecule has 1 heteroatoms. The van der Waals surface area contributed by atoms with Crippen molar-refractivity contribution < 1.29 is 0 Å². The Morgan fingerprint density at radius 3 is 2.19 bits per heavy atom. The van der Waals surface area contributed by atoms with Gasteiger partial charge < -0.3 is 4.90 Å². The molecule has 0 N–H and O–H groups in total. The van der Waals surface area contributed by atoms with Gasteiger partial charge in [0.2, 0.25) is 0 Å². The summed E-state index contributed by atoms with van der Waals surface area (Å²) < 4.78 is 0. The van der Waals surface area contributed by atoms with Crippen molar-refractivity contribution in [3.63, 3.8) is 0 Å². The highest BCUT2D eigenvalue weighted by Gasteiger charge is 2.27. The molecule has 1 aliphatic carbocycles. The Hall–Kier alpha value is -0.0400. The number of rotatable bonds is 3. The molecular weight excluding hydrogens is 194 g/mol. The van der Waals surface area contributed by atoms with Crippen LogP contribution in [0, 0.1) is 11.8 Å². The maximum atomic E-state index is 2.80. The Balaban J connectivity index is 1.75. The van der Waals surface area contributed by atoms with Crippen LogP contribution < -0.4 is 0 Å². The van der Waals surface area contributed by atoms with E-state index in [0.29, 0.717) is 0 Å². The van der Waals surface area contributed by atoms with Crippen LogP contribution in [0.3, 0.4) is 0 Å². The molecule has 1 aliphatic heterocycles. The molecule has 0 bridgehead atoms. The number of likely N-dealkylation sites (tertiary alicyclic amines) is 1. The van der Waals surface area contributed by atoms with E-state index >= 15 is 0 Å². The van der Waals surface area contributed by atoms with E-state index in [0.717, 1.165) is 17.9 Å². The third-order valence-electron chi connectivity index (χ3n) is 5.11. The van der Waals surface area contributed by atoms with Gasteiger partial charge in [-0.3, -0.25) is 0 Å². The summed E-state index contributed by atoms with van der Waals surface area (Å²) in [5, 5.41) is 0. The Morgan fingerprint density at radius 2 is 1.62 bits per heavy atom. The summed E-state index contributed by atoms with van der Waals surface area (Å²) in [7, 11) is 0. The van der Waals surface area contributed by atoms with Crippen LogP contribution in [-0.4, -0.2) is 24.0 Å². The molecule has 1 saturated carbocycles. The summed E-state index contributed by atoms with van der Waals surface area (Å²) >= 11 is 0. The second kappa shape index (κ2) is 6.05. The van der Waals surface area contributed by atoms with Gasteiger partial charge in [0.1, 0.15) is 0 Å². The summed E-state index contributed by atoms with van der Waals surface area (Å²) in [5.41, 5.74) is 0. The van der Waals surface area contributed by atoms with E-state index in [-0.39, 0.29) is 0 Å². The Morgan fingerprint density at radius 1 is 1.00 bits per heavy atom. The molecule has 0 aromatic heterocycles. The van der Waals surface area contributed by atoms with Gasteiger partial charge in [-0.25, -0.2) is 0 Å². The van der Waals surface area contributed by atoms with Crippen LogP contribution >= 0.6 is 0 Å². The average molecular weight is 223 g/mol. The Kier molecular flexibility index (Phi) is 4.69. The molecule has 0 spiro atoms. The molecule has 0 aromatic carbocycles. The van der Waals surface area contributed by atoms with E-state index in [4.69, 9.17) is 0 Å². The number of hydrogen-bond acceptors (Lipinski definition) is 1. The average Bonchev–Trinajstić information content (AvgIpc) is 2.39. The smallest absolute Gasteiger partial charge is 0.00952 e. The highest BCUT2D eigenvalue weighted by Crippen LogP contribution is 2.30. The zero-order valence-corrected chi connectivity index (χ0v) is 11.3. The fourth-order valence-electron chi connectivity index (χ4n) is 3.63. The molecule has 94 valence electrons. The summed E-state index contributed by atoms with van der Waals surface area (Å²) in [6, 6.07) is 0.951. The Bertz CT molecular complexity index is 188. The van der Waals surface area contributed by atoms with Gasteiger partial charge >= 0.3 is 0 Å². The number of hydrogen-bond donors (Lipinski definition) is 0.